The molecule has 2 aliphatic rings. The first kappa shape index (κ1) is 8.46. The summed E-state index contributed by atoms with van der Waals surface area (Å²) in [5, 5.41) is 0. The maximum absolute atomic E-state index is 12.8. The van der Waals surface area contributed by atoms with Gasteiger partial charge in [0.1, 0.15) is 0 Å². The Kier molecular flexibility index (Phi) is 1.31. The molecule has 0 aromatic rings. The van der Waals surface area contributed by atoms with Crippen LogP contribution in [0.2, 0.25) is 0 Å². The fourth-order valence-electron chi connectivity index (χ4n) is 2.32. The molecule has 0 atom stereocenters. The van der Waals surface area contributed by atoms with Crippen molar-refractivity contribution in [2.75, 3.05) is 0 Å². The van der Waals surface area contributed by atoms with E-state index in [9.17, 15) is 8.78 Å². The lowest BCUT2D eigenvalue weighted by Gasteiger charge is -2.44. The van der Waals surface area contributed by atoms with Gasteiger partial charge in [-0.15, -0.1) is 0 Å². The van der Waals surface area contributed by atoms with Gasteiger partial charge in [-0.3, -0.25) is 0 Å². The predicted molar refractivity (Wildman–Crippen MR) is 44.2 cm³/mol. The highest BCUT2D eigenvalue weighted by Crippen LogP contribution is 2.74. The largest absolute Gasteiger partial charge is 0.254 e. The molecule has 0 amide bonds. The third kappa shape index (κ3) is 0.929. The summed E-state index contributed by atoms with van der Waals surface area (Å²) in [6, 6.07) is 0. The Bertz CT molecular complexity index is 206. The smallest absolute Gasteiger partial charge is 0.206 e. The second kappa shape index (κ2) is 1.85. The van der Waals surface area contributed by atoms with E-state index in [4.69, 9.17) is 0 Å². The molecule has 0 aromatic heterocycles. The highest BCUT2D eigenvalue weighted by atomic mass is 19.3. The summed E-state index contributed by atoms with van der Waals surface area (Å²) in [4.78, 5) is 0. The molecule has 1 spiro atoms. The minimum atomic E-state index is -2.31. The Labute approximate surface area is 72.3 Å². The molecule has 2 heteroatoms. The second-order valence-electron chi connectivity index (χ2n) is 5.63. The van der Waals surface area contributed by atoms with Crippen molar-refractivity contribution in [1.29, 1.82) is 0 Å². The topological polar surface area (TPSA) is 0 Å². The first-order valence-corrected chi connectivity index (χ1v) is 4.65. The van der Waals surface area contributed by atoms with Crippen LogP contribution in [-0.4, -0.2) is 5.92 Å². The predicted octanol–water partition coefficient (Wildman–Crippen LogP) is 3.47. The van der Waals surface area contributed by atoms with E-state index in [1.807, 2.05) is 0 Å². The third-order valence-electron chi connectivity index (χ3n) is 3.71. The lowest BCUT2D eigenvalue weighted by Crippen LogP contribution is -2.38. The molecular weight excluding hydrogens is 158 g/mol. The van der Waals surface area contributed by atoms with Crippen molar-refractivity contribution >= 4 is 0 Å². The average molecular weight is 174 g/mol. The van der Waals surface area contributed by atoms with Crippen LogP contribution in [-0.2, 0) is 0 Å². The van der Waals surface area contributed by atoms with Gasteiger partial charge in [0.05, 0.1) is 0 Å². The zero-order valence-corrected chi connectivity index (χ0v) is 7.95. The first-order chi connectivity index (χ1) is 5.27. The molecule has 0 saturated heterocycles. The third-order valence-corrected chi connectivity index (χ3v) is 3.71. The molecule has 0 aliphatic heterocycles. The Morgan fingerprint density at radius 3 is 1.83 bits per heavy atom. The van der Waals surface area contributed by atoms with Gasteiger partial charge in [0, 0.05) is 11.8 Å². The van der Waals surface area contributed by atoms with Crippen LogP contribution in [0.4, 0.5) is 8.78 Å². The Balaban J connectivity index is 1.94. The fourth-order valence-corrected chi connectivity index (χ4v) is 2.32. The summed E-state index contributed by atoms with van der Waals surface area (Å²) < 4.78 is 25.6. The molecule has 0 N–H and O–H groups in total. The number of hydrogen-bond donors (Lipinski definition) is 0. The van der Waals surface area contributed by atoms with Crippen LogP contribution in [0.25, 0.3) is 0 Å². The molecule has 0 nitrogen and oxygen atoms in total. The van der Waals surface area contributed by atoms with Crippen LogP contribution < -0.4 is 0 Å². The van der Waals surface area contributed by atoms with Gasteiger partial charge in [0.25, 0.3) is 5.92 Å². The van der Waals surface area contributed by atoms with Crippen molar-refractivity contribution < 1.29 is 8.78 Å². The highest BCUT2D eigenvalue weighted by Gasteiger charge is 2.76. The summed E-state index contributed by atoms with van der Waals surface area (Å²) in [5.74, 6) is -1.79. The van der Waals surface area contributed by atoms with Crippen LogP contribution in [0.15, 0.2) is 0 Å². The van der Waals surface area contributed by atoms with Crippen LogP contribution >= 0.6 is 0 Å². The second-order valence-corrected chi connectivity index (χ2v) is 5.63. The molecule has 0 aromatic carbocycles. The summed E-state index contributed by atoms with van der Waals surface area (Å²) in [7, 11) is 0. The summed E-state index contributed by atoms with van der Waals surface area (Å²) >= 11 is 0. The normalized spacial score (nSPS) is 44.2. The van der Waals surface area contributed by atoms with E-state index in [1.54, 1.807) is 0 Å². The zero-order chi connectivity index (χ0) is 9.20. The molecular formula is C10H16F2. The molecule has 0 bridgehead atoms. The van der Waals surface area contributed by atoms with E-state index in [0.717, 1.165) is 12.8 Å². The lowest BCUT2D eigenvalue weighted by molar-refractivity contribution is -0.0323. The summed E-state index contributed by atoms with van der Waals surface area (Å²) in [5.41, 5.74) is -0.311. The van der Waals surface area contributed by atoms with Crippen molar-refractivity contribution in [3.05, 3.63) is 0 Å². The molecule has 2 aliphatic carbocycles. The first-order valence-electron chi connectivity index (χ1n) is 4.65. The SMILES string of the molecule is CC(C)(C)C1CC2(C1)CC2(F)F. The van der Waals surface area contributed by atoms with Crippen molar-refractivity contribution in [2.45, 2.75) is 46.0 Å². The average Bonchev–Trinajstić information content (AvgIpc) is 2.27. The van der Waals surface area contributed by atoms with E-state index in [2.05, 4.69) is 20.8 Å². The Morgan fingerprint density at radius 2 is 1.58 bits per heavy atom. The van der Waals surface area contributed by atoms with E-state index in [-0.39, 0.29) is 11.8 Å². The maximum atomic E-state index is 12.8. The zero-order valence-electron chi connectivity index (χ0n) is 7.95. The van der Waals surface area contributed by atoms with Crippen LogP contribution in [0.5, 0.6) is 0 Å². The minimum absolute atomic E-state index is 0.159. The lowest BCUT2D eigenvalue weighted by atomic mass is 9.61. The van der Waals surface area contributed by atoms with Gasteiger partial charge in [-0.25, -0.2) is 8.78 Å². The summed E-state index contributed by atoms with van der Waals surface area (Å²) in [6.45, 7) is 6.43. The van der Waals surface area contributed by atoms with Gasteiger partial charge in [-0.2, -0.15) is 0 Å². The number of rotatable bonds is 0. The molecule has 70 valence electrons. The monoisotopic (exact) mass is 174 g/mol. The quantitative estimate of drug-likeness (QED) is 0.527. The summed E-state index contributed by atoms with van der Waals surface area (Å²) in [6.07, 6.45) is 1.67. The highest BCUT2D eigenvalue weighted by molar-refractivity contribution is 5.18. The fraction of sp³-hybridized carbons (Fsp3) is 1.00. The van der Waals surface area contributed by atoms with Gasteiger partial charge in [0.2, 0.25) is 0 Å². The van der Waals surface area contributed by atoms with Crippen LogP contribution in [0.3, 0.4) is 0 Å². The van der Waals surface area contributed by atoms with Crippen LogP contribution in [0.1, 0.15) is 40.0 Å². The number of hydrogen-bond acceptors (Lipinski definition) is 0. The molecule has 2 rings (SSSR count). The molecule has 0 unspecified atom stereocenters. The Hall–Kier alpha value is -0.140. The van der Waals surface area contributed by atoms with E-state index < -0.39 is 11.3 Å². The standard InChI is InChI=1S/C10H16F2/c1-8(2,3)7-4-9(5-7)6-10(9,11)12/h7H,4-6H2,1-3H3. The molecule has 0 heterocycles. The van der Waals surface area contributed by atoms with Crippen LogP contribution in [0, 0.1) is 16.7 Å². The molecule has 2 saturated carbocycles. The van der Waals surface area contributed by atoms with Gasteiger partial charge in [-0.05, 0) is 24.2 Å². The van der Waals surface area contributed by atoms with Gasteiger partial charge in [0.15, 0.2) is 0 Å². The molecule has 12 heavy (non-hydrogen) atoms. The van der Waals surface area contributed by atoms with Gasteiger partial charge in [-0.1, -0.05) is 20.8 Å². The Morgan fingerprint density at radius 1 is 1.17 bits per heavy atom. The van der Waals surface area contributed by atoms with Crippen molar-refractivity contribution in [3.63, 3.8) is 0 Å². The maximum Gasteiger partial charge on any atom is 0.254 e. The van der Waals surface area contributed by atoms with Crippen molar-refractivity contribution in [3.8, 4) is 0 Å². The minimum Gasteiger partial charge on any atom is -0.206 e. The van der Waals surface area contributed by atoms with Crippen molar-refractivity contribution in [1.82, 2.24) is 0 Å². The van der Waals surface area contributed by atoms with E-state index in [1.165, 1.54) is 0 Å². The van der Waals surface area contributed by atoms with Crippen molar-refractivity contribution in [2.24, 2.45) is 16.7 Å². The molecule has 2 fully saturated rings. The van der Waals surface area contributed by atoms with E-state index >= 15 is 0 Å². The van der Waals surface area contributed by atoms with E-state index in [0.29, 0.717) is 5.92 Å². The van der Waals surface area contributed by atoms with Gasteiger partial charge < -0.3 is 0 Å². The van der Waals surface area contributed by atoms with Gasteiger partial charge >= 0.3 is 0 Å². The number of halogens is 2. The molecule has 0 radical (unpaired) electrons. The number of alkyl halides is 2.